The molecular weight excluding hydrogens is 174 g/mol. The molecule has 72 valence electrons. The van der Waals surface area contributed by atoms with Crippen LogP contribution in [0.5, 0.6) is 5.75 Å². The fourth-order valence-electron chi connectivity index (χ4n) is 1.59. The van der Waals surface area contributed by atoms with Crippen LogP contribution in [-0.4, -0.2) is 12.6 Å². The van der Waals surface area contributed by atoms with Crippen LogP contribution in [-0.2, 0) is 0 Å². The molecule has 0 radical (unpaired) electrons. The maximum atomic E-state index is 5.77. The van der Waals surface area contributed by atoms with E-state index in [0.29, 0.717) is 0 Å². The highest BCUT2D eigenvalue weighted by atomic mass is 16.5. The van der Waals surface area contributed by atoms with E-state index in [4.69, 9.17) is 11.2 Å². The van der Waals surface area contributed by atoms with Gasteiger partial charge in [-0.3, -0.25) is 0 Å². The van der Waals surface area contributed by atoms with Gasteiger partial charge < -0.3 is 10.1 Å². The summed E-state index contributed by atoms with van der Waals surface area (Å²) in [5.74, 6) is 3.46. The normalized spacial score (nSPS) is 19.6. The maximum Gasteiger partial charge on any atom is 0.158 e. The predicted molar refractivity (Wildman–Crippen MR) is 57.6 cm³/mol. The molecule has 1 aliphatic heterocycles. The molecule has 0 aromatic heterocycles. The lowest BCUT2D eigenvalue weighted by Crippen LogP contribution is -2.12. The molecule has 2 heteroatoms. The van der Waals surface area contributed by atoms with Crippen LogP contribution in [0.3, 0.4) is 0 Å². The number of fused-ring (bicyclic) bond motifs is 1. The molecule has 0 saturated carbocycles. The molecule has 0 unspecified atom stereocenters. The third-order valence-electron chi connectivity index (χ3n) is 2.36. The molecule has 2 rings (SSSR count). The van der Waals surface area contributed by atoms with Crippen molar-refractivity contribution >= 4 is 5.69 Å². The molecule has 14 heavy (non-hydrogen) atoms. The van der Waals surface area contributed by atoms with Gasteiger partial charge in [0.05, 0.1) is 17.4 Å². The second-order valence-electron chi connectivity index (χ2n) is 3.47. The van der Waals surface area contributed by atoms with E-state index in [1.54, 1.807) is 0 Å². The average Bonchev–Trinajstić information content (AvgIpc) is 2.38. The summed E-state index contributed by atoms with van der Waals surface area (Å²) in [6.07, 6.45) is 6.63. The van der Waals surface area contributed by atoms with Crippen molar-refractivity contribution in [2.45, 2.75) is 19.4 Å². The van der Waals surface area contributed by atoms with Gasteiger partial charge in [0.15, 0.2) is 5.75 Å². The van der Waals surface area contributed by atoms with Gasteiger partial charge in [-0.05, 0) is 19.1 Å². The summed E-state index contributed by atoms with van der Waals surface area (Å²) in [6.45, 7) is 2.99. The third kappa shape index (κ3) is 1.54. The first-order valence-electron chi connectivity index (χ1n) is 4.81. The van der Waals surface area contributed by atoms with E-state index in [1.165, 1.54) is 0 Å². The van der Waals surface area contributed by atoms with Crippen LogP contribution in [0.15, 0.2) is 18.2 Å². The highest BCUT2D eigenvalue weighted by Crippen LogP contribution is 2.31. The molecule has 1 aromatic carbocycles. The second-order valence-corrected chi connectivity index (χ2v) is 3.47. The Kier molecular flexibility index (Phi) is 2.32. The Morgan fingerprint density at radius 1 is 1.57 bits per heavy atom. The van der Waals surface area contributed by atoms with Gasteiger partial charge in [0.25, 0.3) is 0 Å². The highest BCUT2D eigenvalue weighted by molar-refractivity contribution is 5.64. The summed E-state index contributed by atoms with van der Waals surface area (Å²) in [6, 6.07) is 5.84. The van der Waals surface area contributed by atoms with Crippen molar-refractivity contribution in [3.8, 4) is 18.1 Å². The lowest BCUT2D eigenvalue weighted by molar-refractivity contribution is 0.221. The number of rotatable bonds is 0. The lowest BCUT2D eigenvalue weighted by Gasteiger charge is -2.13. The molecule has 0 saturated heterocycles. The zero-order valence-electron chi connectivity index (χ0n) is 8.21. The topological polar surface area (TPSA) is 21.3 Å². The number of benzene rings is 1. The first-order valence-corrected chi connectivity index (χ1v) is 4.81. The van der Waals surface area contributed by atoms with Crippen LogP contribution < -0.4 is 10.1 Å². The summed E-state index contributed by atoms with van der Waals surface area (Å²) in [5.41, 5.74) is 1.83. The molecular formula is C12H13NO. The molecule has 1 aromatic rings. The fourth-order valence-corrected chi connectivity index (χ4v) is 1.59. The molecule has 1 N–H and O–H groups in total. The predicted octanol–water partition coefficient (Wildman–Crippen LogP) is 2.25. The van der Waals surface area contributed by atoms with Gasteiger partial charge in [0.1, 0.15) is 0 Å². The minimum atomic E-state index is 0.221. The van der Waals surface area contributed by atoms with Crippen molar-refractivity contribution < 1.29 is 4.74 Å². The van der Waals surface area contributed by atoms with Crippen molar-refractivity contribution in [3.05, 3.63) is 23.8 Å². The van der Waals surface area contributed by atoms with Crippen LogP contribution in [0.25, 0.3) is 0 Å². The number of nitrogens with one attached hydrogen (secondary N) is 1. The molecule has 0 aliphatic carbocycles. The Hall–Kier alpha value is -1.62. The van der Waals surface area contributed by atoms with Crippen molar-refractivity contribution in [2.75, 3.05) is 11.9 Å². The zero-order chi connectivity index (χ0) is 9.97. The van der Waals surface area contributed by atoms with Crippen LogP contribution >= 0.6 is 0 Å². The molecule has 1 heterocycles. The van der Waals surface area contributed by atoms with E-state index >= 15 is 0 Å². The number of hydrogen-bond donors (Lipinski definition) is 1. The third-order valence-corrected chi connectivity index (χ3v) is 2.36. The summed E-state index contributed by atoms with van der Waals surface area (Å²) in [4.78, 5) is 0. The van der Waals surface area contributed by atoms with Gasteiger partial charge >= 0.3 is 0 Å². The smallest absolute Gasteiger partial charge is 0.158 e. The SMILES string of the molecule is C#Cc1cccc2c1O[C@H](C)CCN2. The number of para-hydroxylation sites is 1. The average molecular weight is 187 g/mol. The Balaban J connectivity index is 2.46. The summed E-state index contributed by atoms with van der Waals surface area (Å²) < 4.78 is 5.77. The molecule has 1 aliphatic rings. The van der Waals surface area contributed by atoms with Gasteiger partial charge in [0, 0.05) is 13.0 Å². The lowest BCUT2D eigenvalue weighted by atomic mass is 10.2. The second kappa shape index (κ2) is 3.63. The van der Waals surface area contributed by atoms with Crippen LogP contribution in [0.2, 0.25) is 0 Å². The van der Waals surface area contributed by atoms with Crippen molar-refractivity contribution in [1.29, 1.82) is 0 Å². The number of anilines is 1. The molecule has 0 fully saturated rings. The van der Waals surface area contributed by atoms with E-state index in [0.717, 1.165) is 30.0 Å². The summed E-state index contributed by atoms with van der Waals surface area (Å²) >= 11 is 0. The molecule has 1 atom stereocenters. The van der Waals surface area contributed by atoms with Gasteiger partial charge in [-0.25, -0.2) is 0 Å². The van der Waals surface area contributed by atoms with E-state index in [1.807, 2.05) is 18.2 Å². The van der Waals surface area contributed by atoms with E-state index in [-0.39, 0.29) is 6.10 Å². The summed E-state index contributed by atoms with van der Waals surface area (Å²) in [7, 11) is 0. The molecule has 0 bridgehead atoms. The van der Waals surface area contributed by atoms with Gasteiger partial charge in [-0.1, -0.05) is 12.0 Å². The molecule has 2 nitrogen and oxygen atoms in total. The molecule has 0 spiro atoms. The van der Waals surface area contributed by atoms with Crippen molar-refractivity contribution in [2.24, 2.45) is 0 Å². The molecule has 0 amide bonds. The highest BCUT2D eigenvalue weighted by Gasteiger charge is 2.15. The monoisotopic (exact) mass is 187 g/mol. The van der Waals surface area contributed by atoms with E-state index in [9.17, 15) is 0 Å². The Bertz CT molecular complexity index is 378. The Morgan fingerprint density at radius 3 is 3.21 bits per heavy atom. The Morgan fingerprint density at radius 2 is 2.43 bits per heavy atom. The number of hydrogen-bond acceptors (Lipinski definition) is 2. The zero-order valence-corrected chi connectivity index (χ0v) is 8.21. The van der Waals surface area contributed by atoms with Crippen molar-refractivity contribution in [3.63, 3.8) is 0 Å². The largest absolute Gasteiger partial charge is 0.487 e. The standard InChI is InChI=1S/C12H13NO/c1-3-10-5-4-6-11-12(10)14-9(2)7-8-13-11/h1,4-6,9,13H,7-8H2,2H3/t9-/m1/s1. The van der Waals surface area contributed by atoms with Crippen molar-refractivity contribution in [1.82, 2.24) is 0 Å². The maximum absolute atomic E-state index is 5.77. The number of ether oxygens (including phenoxy) is 1. The van der Waals surface area contributed by atoms with Gasteiger partial charge in [-0.15, -0.1) is 6.42 Å². The van der Waals surface area contributed by atoms with E-state index < -0.39 is 0 Å². The van der Waals surface area contributed by atoms with Crippen LogP contribution in [0.4, 0.5) is 5.69 Å². The first kappa shape index (κ1) is 8.96. The van der Waals surface area contributed by atoms with Crippen LogP contribution in [0, 0.1) is 12.3 Å². The fraction of sp³-hybridized carbons (Fsp3) is 0.333. The quantitative estimate of drug-likeness (QED) is 0.629. The van der Waals surface area contributed by atoms with E-state index in [2.05, 4.69) is 18.2 Å². The summed E-state index contributed by atoms with van der Waals surface area (Å²) in [5, 5.41) is 3.31. The number of terminal acetylenes is 1. The minimum absolute atomic E-state index is 0.221. The van der Waals surface area contributed by atoms with Crippen LogP contribution in [0.1, 0.15) is 18.9 Å². The van der Waals surface area contributed by atoms with Gasteiger partial charge in [-0.2, -0.15) is 0 Å². The Labute approximate surface area is 84.3 Å². The van der Waals surface area contributed by atoms with Gasteiger partial charge in [0.2, 0.25) is 0 Å². The minimum Gasteiger partial charge on any atom is -0.487 e. The first-order chi connectivity index (χ1) is 6.81.